The van der Waals surface area contributed by atoms with Gasteiger partial charge < -0.3 is 18.7 Å². The Labute approximate surface area is 155 Å². The van der Waals surface area contributed by atoms with E-state index in [1.54, 1.807) is 18.7 Å². The molecule has 7 heteroatoms. The third kappa shape index (κ3) is 7.05. The van der Waals surface area contributed by atoms with Crippen molar-refractivity contribution < 1.29 is 18.5 Å². The average molecular weight is 368 g/mol. The first-order chi connectivity index (χ1) is 11.9. The van der Waals surface area contributed by atoms with Crippen molar-refractivity contribution in [3.63, 3.8) is 0 Å². The van der Waals surface area contributed by atoms with Gasteiger partial charge in [0.15, 0.2) is 0 Å². The first-order valence-corrected chi connectivity index (χ1v) is 8.67. The van der Waals surface area contributed by atoms with Crippen LogP contribution in [0, 0.1) is 5.92 Å². The molecular formula is C18H28N2O4S. The minimum Gasteiger partial charge on any atom is -0.447 e. The lowest BCUT2D eigenvalue weighted by Gasteiger charge is -2.34. The maximum atomic E-state index is 12.8. The van der Waals surface area contributed by atoms with Gasteiger partial charge in [-0.2, -0.15) is 0 Å². The number of piperazine rings is 1. The Bertz CT molecular complexity index is 531. The van der Waals surface area contributed by atoms with Gasteiger partial charge in [0.2, 0.25) is 6.10 Å². The highest BCUT2D eigenvalue weighted by molar-refractivity contribution is 7.75. The van der Waals surface area contributed by atoms with Gasteiger partial charge in [-0.15, -0.1) is 0 Å². The van der Waals surface area contributed by atoms with E-state index in [2.05, 4.69) is 22.0 Å². The van der Waals surface area contributed by atoms with Crippen LogP contribution in [0.5, 0.6) is 0 Å². The van der Waals surface area contributed by atoms with E-state index in [1.165, 1.54) is 7.11 Å². The molecule has 25 heavy (non-hydrogen) atoms. The van der Waals surface area contributed by atoms with E-state index in [1.807, 2.05) is 37.4 Å². The minimum absolute atomic E-state index is 0.131. The van der Waals surface area contributed by atoms with Crippen LogP contribution in [0.15, 0.2) is 30.3 Å². The Morgan fingerprint density at radius 3 is 2.08 bits per heavy atom. The van der Waals surface area contributed by atoms with E-state index >= 15 is 0 Å². The third-order valence-electron chi connectivity index (χ3n) is 3.85. The highest BCUT2D eigenvalue weighted by atomic mass is 32.1. The molecule has 0 radical (unpaired) electrons. The average Bonchev–Trinajstić information content (AvgIpc) is 2.61. The summed E-state index contributed by atoms with van der Waals surface area (Å²) in [6, 6.07) is 9.23. The van der Waals surface area contributed by atoms with Crippen LogP contribution in [-0.4, -0.2) is 62.0 Å². The standard InChI is InChI=1S/C17H24N2O3.CH4OS/c1-13(2)17(21)22-15(14-7-5-4-6-8-14)16(20)19-11-9-18(3)10-12-19;1-2-3/h4-8,13,15H,9-12H2,1-3H3;3H,1H3. The summed E-state index contributed by atoms with van der Waals surface area (Å²) in [6.45, 7) is 6.54. The predicted octanol–water partition coefficient (Wildman–Crippen LogP) is 2.18. The first-order valence-electron chi connectivity index (χ1n) is 8.31. The van der Waals surface area contributed by atoms with E-state index in [9.17, 15) is 9.59 Å². The highest BCUT2D eigenvalue weighted by Gasteiger charge is 2.31. The van der Waals surface area contributed by atoms with Crippen molar-refractivity contribution in [2.45, 2.75) is 20.0 Å². The number of amides is 1. The third-order valence-corrected chi connectivity index (χ3v) is 3.85. The van der Waals surface area contributed by atoms with Crippen molar-refractivity contribution in [2.24, 2.45) is 5.92 Å². The van der Waals surface area contributed by atoms with E-state index in [0.717, 1.165) is 18.7 Å². The normalized spacial score (nSPS) is 16.0. The van der Waals surface area contributed by atoms with Crippen LogP contribution in [0.25, 0.3) is 0 Å². The largest absolute Gasteiger partial charge is 0.447 e. The first kappa shape index (κ1) is 21.5. The van der Waals surface area contributed by atoms with Crippen LogP contribution in [0.2, 0.25) is 0 Å². The molecule has 1 heterocycles. The number of hydrogen-bond donors (Lipinski definition) is 1. The molecule has 0 spiro atoms. The van der Waals surface area contributed by atoms with Gasteiger partial charge in [-0.3, -0.25) is 9.59 Å². The number of carbonyl (C=O) groups excluding carboxylic acids is 2. The fraction of sp³-hybridized carbons (Fsp3) is 0.556. The molecule has 0 saturated carbocycles. The van der Waals surface area contributed by atoms with Crippen LogP contribution >= 0.6 is 12.9 Å². The molecule has 1 aromatic carbocycles. The smallest absolute Gasteiger partial charge is 0.309 e. The molecule has 6 nitrogen and oxygen atoms in total. The summed E-state index contributed by atoms with van der Waals surface area (Å²) in [4.78, 5) is 28.7. The van der Waals surface area contributed by atoms with Crippen molar-refractivity contribution in [3.05, 3.63) is 35.9 Å². The molecule has 140 valence electrons. The molecule has 2 rings (SSSR count). The number of hydrogen-bond acceptors (Lipinski definition) is 6. The summed E-state index contributed by atoms with van der Waals surface area (Å²) in [6.07, 6.45) is -0.848. The lowest BCUT2D eigenvalue weighted by Crippen LogP contribution is -2.49. The molecule has 1 unspecified atom stereocenters. The summed E-state index contributed by atoms with van der Waals surface area (Å²) in [5.74, 6) is -0.740. The van der Waals surface area contributed by atoms with Crippen molar-refractivity contribution in [3.8, 4) is 0 Å². The van der Waals surface area contributed by atoms with E-state index in [-0.39, 0.29) is 17.8 Å². The topological polar surface area (TPSA) is 59.1 Å². The number of benzene rings is 1. The lowest BCUT2D eigenvalue weighted by molar-refractivity contribution is -0.164. The molecule has 1 aromatic rings. The summed E-state index contributed by atoms with van der Waals surface area (Å²) in [7, 11) is 3.53. The number of likely N-dealkylation sites (N-methyl/N-ethyl adjacent to an activating group) is 1. The van der Waals surface area contributed by atoms with Gasteiger partial charge in [0.05, 0.1) is 5.92 Å². The summed E-state index contributed by atoms with van der Waals surface area (Å²) in [5.41, 5.74) is 0.723. The number of ether oxygens (including phenoxy) is 1. The van der Waals surface area contributed by atoms with E-state index in [4.69, 9.17) is 4.74 Å². The van der Waals surface area contributed by atoms with Gasteiger partial charge >= 0.3 is 5.97 Å². The van der Waals surface area contributed by atoms with Gasteiger partial charge in [0, 0.05) is 38.9 Å². The second-order valence-corrected chi connectivity index (χ2v) is 6.56. The van der Waals surface area contributed by atoms with E-state index < -0.39 is 6.10 Å². The van der Waals surface area contributed by atoms with Crippen LogP contribution < -0.4 is 0 Å². The van der Waals surface area contributed by atoms with Crippen LogP contribution in [-0.2, 0) is 18.5 Å². The number of rotatable bonds is 4. The highest BCUT2D eigenvalue weighted by Crippen LogP contribution is 2.22. The van der Waals surface area contributed by atoms with Crippen LogP contribution in [0.1, 0.15) is 25.5 Å². The molecule has 0 N–H and O–H groups in total. The molecule has 1 aliphatic heterocycles. The van der Waals surface area contributed by atoms with Gasteiger partial charge in [-0.1, -0.05) is 44.2 Å². The Morgan fingerprint density at radius 2 is 1.60 bits per heavy atom. The number of esters is 1. The fourth-order valence-corrected chi connectivity index (χ4v) is 2.33. The molecule has 1 amide bonds. The zero-order valence-corrected chi connectivity index (χ0v) is 16.2. The number of carbonyl (C=O) groups is 2. The molecule has 0 aromatic heterocycles. The summed E-state index contributed by atoms with van der Waals surface area (Å²) in [5, 5.41) is 0. The van der Waals surface area contributed by atoms with Crippen LogP contribution in [0.4, 0.5) is 0 Å². The summed E-state index contributed by atoms with van der Waals surface area (Å²) < 4.78 is 9.44. The molecule has 0 aliphatic carbocycles. The van der Waals surface area contributed by atoms with Crippen molar-refractivity contribution >= 4 is 24.8 Å². The monoisotopic (exact) mass is 368 g/mol. The SMILES string of the molecule is CC(C)C(=O)OC(C(=O)N1CCN(C)CC1)c1ccccc1.COS. The zero-order chi connectivity index (χ0) is 18.8. The molecule has 1 saturated heterocycles. The molecular weight excluding hydrogens is 340 g/mol. The fourth-order valence-electron chi connectivity index (χ4n) is 2.33. The van der Waals surface area contributed by atoms with Gasteiger partial charge in [0.1, 0.15) is 0 Å². The number of thiol groups is 1. The second-order valence-electron chi connectivity index (χ2n) is 6.19. The van der Waals surface area contributed by atoms with Crippen molar-refractivity contribution in [1.29, 1.82) is 0 Å². The molecule has 1 fully saturated rings. The van der Waals surface area contributed by atoms with Crippen LogP contribution in [0.3, 0.4) is 0 Å². The van der Waals surface area contributed by atoms with Crippen molar-refractivity contribution in [1.82, 2.24) is 9.80 Å². The number of nitrogens with zero attached hydrogens (tertiary/aromatic N) is 2. The minimum atomic E-state index is -0.848. The van der Waals surface area contributed by atoms with Gasteiger partial charge in [-0.05, 0) is 20.0 Å². The predicted molar refractivity (Wildman–Crippen MR) is 100 cm³/mol. The maximum absolute atomic E-state index is 12.8. The molecule has 1 atom stereocenters. The van der Waals surface area contributed by atoms with Crippen molar-refractivity contribution in [2.75, 3.05) is 40.3 Å². The Morgan fingerprint density at radius 1 is 1.08 bits per heavy atom. The second kappa shape index (κ2) is 11.1. The Hall–Kier alpha value is -1.57. The quantitative estimate of drug-likeness (QED) is 0.501. The Kier molecular flexibility index (Phi) is 9.55. The molecule has 1 aliphatic rings. The van der Waals surface area contributed by atoms with Gasteiger partial charge in [0.25, 0.3) is 5.91 Å². The maximum Gasteiger partial charge on any atom is 0.309 e. The molecule has 0 bridgehead atoms. The Balaban J connectivity index is 0.000000970. The zero-order valence-electron chi connectivity index (χ0n) is 15.3. The summed E-state index contributed by atoms with van der Waals surface area (Å²) >= 11 is 3.29. The lowest BCUT2D eigenvalue weighted by atomic mass is 10.1. The van der Waals surface area contributed by atoms with Gasteiger partial charge in [-0.25, -0.2) is 0 Å². The van der Waals surface area contributed by atoms with E-state index in [0.29, 0.717) is 13.1 Å².